The van der Waals surface area contributed by atoms with Gasteiger partial charge in [-0.1, -0.05) is 6.92 Å². The van der Waals surface area contributed by atoms with Crippen LogP contribution in [0.3, 0.4) is 0 Å². The van der Waals surface area contributed by atoms with Crippen LogP contribution in [0, 0.1) is 5.92 Å². The summed E-state index contributed by atoms with van der Waals surface area (Å²) in [5.74, 6) is 2.28. The van der Waals surface area contributed by atoms with E-state index in [1.54, 1.807) is 6.20 Å². The molecule has 2 aromatic rings. The van der Waals surface area contributed by atoms with Crippen LogP contribution >= 0.6 is 0 Å². The van der Waals surface area contributed by atoms with Crippen LogP contribution in [0.5, 0.6) is 0 Å². The van der Waals surface area contributed by atoms with E-state index in [9.17, 15) is 0 Å². The van der Waals surface area contributed by atoms with Gasteiger partial charge in [0.2, 0.25) is 0 Å². The molecule has 2 N–H and O–H groups in total. The van der Waals surface area contributed by atoms with Crippen LogP contribution < -0.4 is 10.6 Å². The van der Waals surface area contributed by atoms with Crippen molar-refractivity contribution in [1.82, 2.24) is 14.4 Å². The van der Waals surface area contributed by atoms with Gasteiger partial charge in [-0.2, -0.15) is 0 Å². The number of rotatable bonds is 6. The van der Waals surface area contributed by atoms with Gasteiger partial charge in [0.25, 0.3) is 0 Å². The highest BCUT2D eigenvalue weighted by Gasteiger charge is 2.15. The first-order valence-corrected chi connectivity index (χ1v) is 7.76. The van der Waals surface area contributed by atoms with Crippen molar-refractivity contribution in [3.8, 4) is 0 Å². The van der Waals surface area contributed by atoms with Crippen molar-refractivity contribution in [2.75, 3.05) is 36.9 Å². The van der Waals surface area contributed by atoms with Crippen LogP contribution in [-0.2, 0) is 4.74 Å². The van der Waals surface area contributed by atoms with E-state index in [0.717, 1.165) is 56.4 Å². The van der Waals surface area contributed by atoms with Gasteiger partial charge < -0.3 is 19.8 Å². The van der Waals surface area contributed by atoms with E-state index in [2.05, 4.69) is 27.5 Å². The highest BCUT2D eigenvalue weighted by molar-refractivity contribution is 5.65. The molecular formula is C15H23N5O. The van der Waals surface area contributed by atoms with Crippen molar-refractivity contribution in [3.05, 3.63) is 18.6 Å². The van der Waals surface area contributed by atoms with E-state index in [-0.39, 0.29) is 0 Å². The molecule has 0 bridgehead atoms. The van der Waals surface area contributed by atoms with Crippen LogP contribution in [0.15, 0.2) is 18.6 Å². The second kappa shape index (κ2) is 6.76. The first kappa shape index (κ1) is 14.1. The zero-order chi connectivity index (χ0) is 14.5. The molecule has 6 nitrogen and oxygen atoms in total. The Hall–Kier alpha value is -1.82. The zero-order valence-corrected chi connectivity index (χ0v) is 12.5. The van der Waals surface area contributed by atoms with E-state index >= 15 is 0 Å². The Labute approximate surface area is 124 Å². The molecule has 0 spiro atoms. The van der Waals surface area contributed by atoms with Gasteiger partial charge in [0, 0.05) is 32.1 Å². The number of nitrogens with one attached hydrogen (secondary N) is 2. The molecule has 3 heterocycles. The van der Waals surface area contributed by atoms with Gasteiger partial charge in [-0.05, 0) is 25.2 Å². The second-order valence-corrected chi connectivity index (χ2v) is 5.52. The second-order valence-electron chi connectivity index (χ2n) is 5.52. The molecule has 1 saturated heterocycles. The van der Waals surface area contributed by atoms with E-state index < -0.39 is 0 Å². The molecule has 21 heavy (non-hydrogen) atoms. The molecule has 0 radical (unpaired) electrons. The summed E-state index contributed by atoms with van der Waals surface area (Å²) in [6, 6.07) is 0. The normalized spacial score (nSPS) is 18.8. The summed E-state index contributed by atoms with van der Waals surface area (Å²) in [6.45, 7) is 5.68. The van der Waals surface area contributed by atoms with E-state index in [0.29, 0.717) is 5.92 Å². The van der Waals surface area contributed by atoms with Crippen LogP contribution in [0.2, 0.25) is 0 Å². The van der Waals surface area contributed by atoms with Crippen molar-refractivity contribution in [3.63, 3.8) is 0 Å². The Morgan fingerprint density at radius 1 is 1.43 bits per heavy atom. The molecule has 114 valence electrons. The minimum absolute atomic E-state index is 0.558. The summed E-state index contributed by atoms with van der Waals surface area (Å²) in [6.07, 6.45) is 9.17. The number of anilines is 2. The summed E-state index contributed by atoms with van der Waals surface area (Å²) in [5, 5.41) is 6.78. The maximum absolute atomic E-state index is 5.53. The first-order chi connectivity index (χ1) is 10.4. The standard InChI is InChI=1S/C15H23N5O/c1-2-5-16-13-10-20-7-6-17-15(20)14(19-13)18-9-12-4-3-8-21-11-12/h6-7,10,12,16H,2-5,8-9,11H2,1H3,(H,18,19). The Bertz CT molecular complexity index is 576. The van der Waals surface area contributed by atoms with Gasteiger partial charge in [-0.25, -0.2) is 9.97 Å². The molecule has 6 heteroatoms. The van der Waals surface area contributed by atoms with Crippen LogP contribution in [-0.4, -0.2) is 40.7 Å². The largest absolute Gasteiger partial charge is 0.381 e. The maximum Gasteiger partial charge on any atom is 0.180 e. The molecular weight excluding hydrogens is 266 g/mol. The summed E-state index contributed by atoms with van der Waals surface area (Å²) >= 11 is 0. The third-order valence-corrected chi connectivity index (χ3v) is 3.74. The number of imidazole rings is 1. The Balaban J connectivity index is 1.73. The average Bonchev–Trinajstić information content (AvgIpc) is 3.00. The number of nitrogens with zero attached hydrogens (tertiary/aromatic N) is 3. The lowest BCUT2D eigenvalue weighted by molar-refractivity contribution is 0.0595. The molecule has 0 amide bonds. The summed E-state index contributed by atoms with van der Waals surface area (Å²) in [4.78, 5) is 9.03. The van der Waals surface area contributed by atoms with Crippen molar-refractivity contribution in [2.24, 2.45) is 5.92 Å². The van der Waals surface area contributed by atoms with Crippen LogP contribution in [0.4, 0.5) is 11.6 Å². The van der Waals surface area contributed by atoms with E-state index in [4.69, 9.17) is 4.74 Å². The van der Waals surface area contributed by atoms with Gasteiger partial charge >= 0.3 is 0 Å². The van der Waals surface area contributed by atoms with Gasteiger partial charge in [0.15, 0.2) is 11.5 Å². The van der Waals surface area contributed by atoms with Crippen molar-refractivity contribution >= 4 is 17.3 Å². The predicted octanol–water partition coefficient (Wildman–Crippen LogP) is 2.39. The fourth-order valence-corrected chi connectivity index (χ4v) is 2.60. The van der Waals surface area contributed by atoms with Gasteiger partial charge in [-0.3, -0.25) is 0 Å². The number of hydrogen-bond donors (Lipinski definition) is 2. The minimum Gasteiger partial charge on any atom is -0.381 e. The topological polar surface area (TPSA) is 63.5 Å². The molecule has 1 aliphatic rings. The maximum atomic E-state index is 5.53. The monoisotopic (exact) mass is 289 g/mol. The summed E-state index contributed by atoms with van der Waals surface area (Å²) in [5.41, 5.74) is 0.869. The number of fused-ring (bicyclic) bond motifs is 1. The highest BCUT2D eigenvalue weighted by atomic mass is 16.5. The highest BCUT2D eigenvalue weighted by Crippen LogP contribution is 2.19. The Morgan fingerprint density at radius 2 is 2.38 bits per heavy atom. The predicted molar refractivity (Wildman–Crippen MR) is 83.8 cm³/mol. The van der Waals surface area contributed by atoms with Gasteiger partial charge in [0.05, 0.1) is 12.8 Å². The molecule has 1 unspecified atom stereocenters. The summed E-state index contributed by atoms with van der Waals surface area (Å²) in [7, 11) is 0. The Kier molecular flexibility index (Phi) is 4.55. The van der Waals surface area contributed by atoms with Crippen LogP contribution in [0.25, 0.3) is 5.65 Å². The lowest BCUT2D eigenvalue weighted by atomic mass is 10.0. The third-order valence-electron chi connectivity index (χ3n) is 3.74. The molecule has 0 saturated carbocycles. The molecule has 0 aromatic carbocycles. The lowest BCUT2D eigenvalue weighted by Crippen LogP contribution is -2.25. The van der Waals surface area contributed by atoms with Crippen LogP contribution in [0.1, 0.15) is 26.2 Å². The molecule has 0 aliphatic carbocycles. The van der Waals surface area contributed by atoms with Crippen molar-refractivity contribution in [1.29, 1.82) is 0 Å². The van der Waals surface area contributed by atoms with E-state index in [1.807, 2.05) is 16.8 Å². The van der Waals surface area contributed by atoms with Crippen molar-refractivity contribution in [2.45, 2.75) is 26.2 Å². The minimum atomic E-state index is 0.558. The molecule has 2 aromatic heterocycles. The van der Waals surface area contributed by atoms with E-state index in [1.165, 1.54) is 6.42 Å². The molecule has 1 atom stereocenters. The Morgan fingerprint density at radius 3 is 3.19 bits per heavy atom. The first-order valence-electron chi connectivity index (χ1n) is 7.76. The van der Waals surface area contributed by atoms with Crippen molar-refractivity contribution < 1.29 is 4.74 Å². The quantitative estimate of drug-likeness (QED) is 0.855. The average molecular weight is 289 g/mol. The zero-order valence-electron chi connectivity index (χ0n) is 12.5. The number of hydrogen-bond acceptors (Lipinski definition) is 5. The smallest absolute Gasteiger partial charge is 0.180 e. The fraction of sp³-hybridized carbons (Fsp3) is 0.600. The lowest BCUT2D eigenvalue weighted by Gasteiger charge is -2.22. The summed E-state index contributed by atoms with van der Waals surface area (Å²) < 4.78 is 7.53. The molecule has 3 rings (SSSR count). The third kappa shape index (κ3) is 3.44. The SMILES string of the molecule is CCCNc1cn2ccnc2c(NCC2CCCOC2)n1. The molecule has 1 aliphatic heterocycles. The molecule has 1 fully saturated rings. The van der Waals surface area contributed by atoms with Gasteiger partial charge in [-0.15, -0.1) is 0 Å². The number of ether oxygens (including phenoxy) is 1. The van der Waals surface area contributed by atoms with Gasteiger partial charge in [0.1, 0.15) is 5.82 Å². The fourth-order valence-electron chi connectivity index (χ4n) is 2.60. The number of aromatic nitrogens is 3.